The number of carbonyl (C=O) groups excluding carboxylic acids is 2. The second kappa shape index (κ2) is 9.39. The van der Waals surface area contributed by atoms with Gasteiger partial charge in [-0.05, 0) is 29.0 Å². The van der Waals surface area contributed by atoms with E-state index in [0.717, 1.165) is 22.4 Å². The van der Waals surface area contributed by atoms with Crippen LogP contribution in [0.4, 0.5) is 5.69 Å². The molecule has 0 atom stereocenters. The van der Waals surface area contributed by atoms with Crippen molar-refractivity contribution in [2.24, 2.45) is 0 Å². The van der Waals surface area contributed by atoms with Gasteiger partial charge in [0, 0.05) is 11.3 Å². The van der Waals surface area contributed by atoms with E-state index < -0.39 is 5.97 Å². The zero-order valence-electron chi connectivity index (χ0n) is 17.7. The molecule has 0 bridgehead atoms. The molecular formula is C24H27N3O3. The molecule has 0 fully saturated rings. The molecule has 1 heterocycles. The maximum Gasteiger partial charge on any atom is 0.356 e. The number of para-hydroxylation sites is 1. The predicted molar refractivity (Wildman–Crippen MR) is 118 cm³/mol. The van der Waals surface area contributed by atoms with Crippen LogP contribution < -0.4 is 5.32 Å². The summed E-state index contributed by atoms with van der Waals surface area (Å²) in [5.41, 5.74) is 4.64. The Hall–Kier alpha value is -3.41. The second-order valence-electron chi connectivity index (χ2n) is 7.78. The molecule has 0 spiro atoms. The van der Waals surface area contributed by atoms with Crippen molar-refractivity contribution >= 4 is 17.6 Å². The molecule has 0 radical (unpaired) electrons. The van der Waals surface area contributed by atoms with Gasteiger partial charge >= 0.3 is 5.97 Å². The number of esters is 1. The summed E-state index contributed by atoms with van der Waals surface area (Å²) >= 11 is 0. The van der Waals surface area contributed by atoms with E-state index in [1.165, 1.54) is 0 Å². The van der Waals surface area contributed by atoms with Crippen LogP contribution >= 0.6 is 0 Å². The summed E-state index contributed by atoms with van der Waals surface area (Å²) in [6, 6.07) is 17.1. The standard InChI is InChI=1S/C24H27N3O3/c1-15(2)18-11-8-12-19(16(3)4)23(18)25-22(28)14-30-24(29)21-13-20(26-27-21)17-9-6-5-7-10-17/h5-13,15-16H,14H2,1-4H3,(H,25,28)(H,26,27). The van der Waals surface area contributed by atoms with Crippen LogP contribution in [0.15, 0.2) is 54.6 Å². The van der Waals surface area contributed by atoms with Crippen LogP contribution in [-0.2, 0) is 9.53 Å². The van der Waals surface area contributed by atoms with E-state index in [2.05, 4.69) is 43.2 Å². The molecule has 2 aromatic carbocycles. The molecule has 156 valence electrons. The van der Waals surface area contributed by atoms with E-state index in [1.807, 2.05) is 48.5 Å². The third-order valence-electron chi connectivity index (χ3n) is 4.84. The lowest BCUT2D eigenvalue weighted by atomic mass is 9.92. The number of hydrogen-bond acceptors (Lipinski definition) is 4. The minimum atomic E-state index is -0.624. The van der Waals surface area contributed by atoms with Crippen LogP contribution in [0.25, 0.3) is 11.3 Å². The lowest BCUT2D eigenvalue weighted by molar-refractivity contribution is -0.119. The summed E-state index contributed by atoms with van der Waals surface area (Å²) in [7, 11) is 0. The average molecular weight is 405 g/mol. The van der Waals surface area contributed by atoms with Crippen molar-refractivity contribution in [1.82, 2.24) is 10.2 Å². The number of rotatable bonds is 7. The summed E-state index contributed by atoms with van der Waals surface area (Å²) in [5.74, 6) is -0.492. The number of amides is 1. The number of ether oxygens (including phenoxy) is 1. The predicted octanol–water partition coefficient (Wildman–Crippen LogP) is 5.12. The van der Waals surface area contributed by atoms with Gasteiger partial charge in [0.15, 0.2) is 6.61 Å². The molecular weight excluding hydrogens is 378 g/mol. The van der Waals surface area contributed by atoms with Gasteiger partial charge in [-0.3, -0.25) is 9.89 Å². The normalized spacial score (nSPS) is 11.0. The summed E-state index contributed by atoms with van der Waals surface area (Å²) < 4.78 is 5.19. The van der Waals surface area contributed by atoms with E-state index in [0.29, 0.717) is 5.69 Å². The summed E-state index contributed by atoms with van der Waals surface area (Å²) in [5, 5.41) is 9.74. The summed E-state index contributed by atoms with van der Waals surface area (Å²) in [6.07, 6.45) is 0. The Morgan fingerprint density at radius 3 is 2.20 bits per heavy atom. The minimum Gasteiger partial charge on any atom is -0.451 e. The molecule has 3 rings (SSSR count). The Morgan fingerprint density at radius 1 is 0.967 bits per heavy atom. The molecule has 1 aromatic heterocycles. The van der Waals surface area contributed by atoms with E-state index in [-0.39, 0.29) is 30.0 Å². The number of nitrogens with one attached hydrogen (secondary N) is 2. The number of nitrogens with zero attached hydrogens (tertiary/aromatic N) is 1. The van der Waals surface area contributed by atoms with Gasteiger partial charge in [0.2, 0.25) is 0 Å². The fraction of sp³-hybridized carbons (Fsp3) is 0.292. The number of carbonyl (C=O) groups is 2. The molecule has 3 aromatic rings. The largest absolute Gasteiger partial charge is 0.451 e. The Balaban J connectivity index is 1.66. The number of aromatic nitrogens is 2. The van der Waals surface area contributed by atoms with Crippen molar-refractivity contribution in [2.45, 2.75) is 39.5 Å². The molecule has 0 aliphatic rings. The zero-order valence-corrected chi connectivity index (χ0v) is 17.7. The molecule has 0 saturated heterocycles. The van der Waals surface area contributed by atoms with Gasteiger partial charge in [-0.2, -0.15) is 5.10 Å². The first-order valence-corrected chi connectivity index (χ1v) is 10.1. The van der Waals surface area contributed by atoms with Crippen molar-refractivity contribution in [3.63, 3.8) is 0 Å². The van der Waals surface area contributed by atoms with Gasteiger partial charge in [0.25, 0.3) is 5.91 Å². The van der Waals surface area contributed by atoms with Gasteiger partial charge in [-0.1, -0.05) is 76.2 Å². The lowest BCUT2D eigenvalue weighted by Gasteiger charge is -2.20. The summed E-state index contributed by atoms with van der Waals surface area (Å²) in [6.45, 7) is 7.95. The molecule has 6 nitrogen and oxygen atoms in total. The molecule has 6 heteroatoms. The number of aromatic amines is 1. The molecule has 0 saturated carbocycles. The number of hydrogen-bond donors (Lipinski definition) is 2. The first kappa shape index (κ1) is 21.3. The molecule has 2 N–H and O–H groups in total. The number of benzene rings is 2. The Kier molecular flexibility index (Phi) is 6.67. The highest BCUT2D eigenvalue weighted by Gasteiger charge is 2.18. The first-order chi connectivity index (χ1) is 14.4. The second-order valence-corrected chi connectivity index (χ2v) is 7.78. The SMILES string of the molecule is CC(C)c1cccc(C(C)C)c1NC(=O)COC(=O)c1cc(-c2ccccc2)n[nH]1. The van der Waals surface area contributed by atoms with Crippen LogP contribution in [0.3, 0.4) is 0 Å². The van der Waals surface area contributed by atoms with Crippen molar-refractivity contribution < 1.29 is 14.3 Å². The van der Waals surface area contributed by atoms with Crippen LogP contribution in [-0.4, -0.2) is 28.7 Å². The van der Waals surface area contributed by atoms with Crippen molar-refractivity contribution in [3.8, 4) is 11.3 Å². The lowest BCUT2D eigenvalue weighted by Crippen LogP contribution is -2.22. The Labute approximate surface area is 176 Å². The molecule has 0 aliphatic carbocycles. The fourth-order valence-electron chi connectivity index (χ4n) is 3.26. The van der Waals surface area contributed by atoms with Crippen LogP contribution in [0.2, 0.25) is 0 Å². The van der Waals surface area contributed by atoms with Crippen LogP contribution in [0, 0.1) is 0 Å². The van der Waals surface area contributed by atoms with Crippen LogP contribution in [0.5, 0.6) is 0 Å². The highest BCUT2D eigenvalue weighted by Crippen LogP contribution is 2.32. The third-order valence-corrected chi connectivity index (χ3v) is 4.84. The molecule has 0 unspecified atom stereocenters. The Bertz CT molecular complexity index is 997. The van der Waals surface area contributed by atoms with E-state index in [1.54, 1.807) is 6.07 Å². The van der Waals surface area contributed by atoms with Crippen molar-refractivity contribution in [3.05, 3.63) is 71.4 Å². The van der Waals surface area contributed by atoms with Gasteiger partial charge in [0.05, 0.1) is 5.69 Å². The van der Waals surface area contributed by atoms with E-state index in [4.69, 9.17) is 4.74 Å². The monoisotopic (exact) mass is 405 g/mol. The maximum atomic E-state index is 12.5. The van der Waals surface area contributed by atoms with Gasteiger partial charge < -0.3 is 10.1 Å². The third kappa shape index (κ3) is 4.95. The number of anilines is 1. The first-order valence-electron chi connectivity index (χ1n) is 10.1. The summed E-state index contributed by atoms with van der Waals surface area (Å²) in [4.78, 5) is 24.8. The quantitative estimate of drug-likeness (QED) is 0.535. The maximum absolute atomic E-state index is 12.5. The van der Waals surface area contributed by atoms with Crippen LogP contribution in [0.1, 0.15) is 61.1 Å². The topological polar surface area (TPSA) is 84.1 Å². The van der Waals surface area contributed by atoms with Crippen molar-refractivity contribution in [2.75, 3.05) is 11.9 Å². The average Bonchev–Trinajstić information content (AvgIpc) is 3.23. The zero-order chi connectivity index (χ0) is 21.7. The molecule has 0 aliphatic heterocycles. The van der Waals surface area contributed by atoms with E-state index in [9.17, 15) is 9.59 Å². The van der Waals surface area contributed by atoms with E-state index >= 15 is 0 Å². The van der Waals surface area contributed by atoms with Gasteiger partial charge in [-0.25, -0.2) is 4.79 Å². The number of H-pyrrole nitrogens is 1. The van der Waals surface area contributed by atoms with Gasteiger partial charge in [0.1, 0.15) is 5.69 Å². The highest BCUT2D eigenvalue weighted by molar-refractivity contribution is 5.96. The fourth-order valence-corrected chi connectivity index (χ4v) is 3.26. The minimum absolute atomic E-state index is 0.201. The molecule has 1 amide bonds. The van der Waals surface area contributed by atoms with Gasteiger partial charge in [-0.15, -0.1) is 0 Å². The smallest absolute Gasteiger partial charge is 0.356 e. The Morgan fingerprint density at radius 2 is 1.60 bits per heavy atom. The molecule has 30 heavy (non-hydrogen) atoms. The van der Waals surface area contributed by atoms with Crippen molar-refractivity contribution in [1.29, 1.82) is 0 Å². The highest BCUT2D eigenvalue weighted by atomic mass is 16.5.